The van der Waals surface area contributed by atoms with Gasteiger partial charge in [0, 0.05) is 11.1 Å². The predicted octanol–water partition coefficient (Wildman–Crippen LogP) is 5.44. The number of ketones is 1. The van der Waals surface area contributed by atoms with E-state index in [1.54, 1.807) is 31.2 Å². The van der Waals surface area contributed by atoms with E-state index in [0.29, 0.717) is 16.7 Å². The van der Waals surface area contributed by atoms with Gasteiger partial charge in [-0.25, -0.2) is 4.79 Å². The van der Waals surface area contributed by atoms with Crippen LogP contribution in [-0.4, -0.2) is 18.4 Å². The van der Waals surface area contributed by atoms with Crippen molar-refractivity contribution in [2.24, 2.45) is 0 Å². The molecule has 0 N–H and O–H groups in total. The zero-order valence-corrected chi connectivity index (χ0v) is 16.9. The Morgan fingerprint density at radius 2 is 1.48 bits per heavy atom. The number of carbonyl (C=O) groups excluding carboxylic acids is 2. The Morgan fingerprint density at radius 3 is 2.11 bits per heavy atom. The lowest BCUT2D eigenvalue weighted by Gasteiger charge is -2.42. The molecule has 0 atom stereocenters. The lowest BCUT2D eigenvalue weighted by Crippen LogP contribution is -2.34. The second-order valence-electron chi connectivity index (χ2n) is 8.62. The van der Waals surface area contributed by atoms with E-state index in [9.17, 15) is 9.59 Å². The lowest BCUT2D eigenvalue weighted by atomic mass is 9.63. The summed E-state index contributed by atoms with van der Waals surface area (Å²) in [6, 6.07) is 12.9. The molecule has 3 heteroatoms. The van der Waals surface area contributed by atoms with Crippen LogP contribution in [0.25, 0.3) is 0 Å². The monoisotopic (exact) mass is 364 g/mol. The highest BCUT2D eigenvalue weighted by Gasteiger charge is 2.37. The highest BCUT2D eigenvalue weighted by atomic mass is 16.5. The molecule has 142 valence electrons. The van der Waals surface area contributed by atoms with E-state index in [4.69, 9.17) is 4.74 Å². The first-order valence-corrected chi connectivity index (χ1v) is 9.63. The van der Waals surface area contributed by atoms with Gasteiger partial charge in [0.25, 0.3) is 0 Å². The van der Waals surface area contributed by atoms with Gasteiger partial charge in [-0.1, -0.05) is 58.0 Å². The van der Waals surface area contributed by atoms with E-state index in [1.807, 2.05) is 12.1 Å². The molecule has 0 heterocycles. The summed E-state index contributed by atoms with van der Waals surface area (Å²) in [4.78, 5) is 25.5. The molecule has 0 radical (unpaired) electrons. The normalized spacial score (nSPS) is 17.1. The zero-order chi connectivity index (χ0) is 19.8. The fourth-order valence-corrected chi connectivity index (χ4v) is 3.95. The van der Waals surface area contributed by atoms with Crippen LogP contribution in [0.5, 0.6) is 0 Å². The summed E-state index contributed by atoms with van der Waals surface area (Å²) < 4.78 is 5.11. The standard InChI is InChI=1S/C24H28O3/c1-6-27-22(26)18-10-8-7-9-17(18)21(25)16-11-12-19-20(15-16)24(4,5)14-13-23(19,2)3/h7-12,15H,6,13-14H2,1-5H3. The van der Waals surface area contributed by atoms with Gasteiger partial charge in [-0.05, 0) is 53.9 Å². The van der Waals surface area contributed by atoms with Crippen LogP contribution in [0.3, 0.4) is 0 Å². The largest absolute Gasteiger partial charge is 0.462 e. The highest BCUT2D eigenvalue weighted by molar-refractivity contribution is 6.14. The van der Waals surface area contributed by atoms with Gasteiger partial charge in [0.2, 0.25) is 0 Å². The Balaban J connectivity index is 2.07. The molecule has 1 aliphatic carbocycles. The van der Waals surface area contributed by atoms with Crippen molar-refractivity contribution in [3.8, 4) is 0 Å². The predicted molar refractivity (Wildman–Crippen MR) is 108 cm³/mol. The summed E-state index contributed by atoms with van der Waals surface area (Å²) in [5, 5.41) is 0. The van der Waals surface area contributed by atoms with E-state index >= 15 is 0 Å². The summed E-state index contributed by atoms with van der Waals surface area (Å²) >= 11 is 0. The van der Waals surface area contributed by atoms with Gasteiger partial charge in [-0.2, -0.15) is 0 Å². The van der Waals surface area contributed by atoms with Gasteiger partial charge >= 0.3 is 5.97 Å². The molecule has 2 aromatic rings. The summed E-state index contributed by atoms with van der Waals surface area (Å²) in [5.41, 5.74) is 4.02. The van der Waals surface area contributed by atoms with Gasteiger partial charge < -0.3 is 4.74 Å². The summed E-state index contributed by atoms with van der Waals surface area (Å²) in [6.07, 6.45) is 2.22. The first-order valence-electron chi connectivity index (χ1n) is 9.63. The van der Waals surface area contributed by atoms with Crippen LogP contribution in [0.15, 0.2) is 42.5 Å². The maximum absolute atomic E-state index is 13.2. The smallest absolute Gasteiger partial charge is 0.338 e. The van der Waals surface area contributed by atoms with Crippen molar-refractivity contribution in [1.29, 1.82) is 0 Å². The SMILES string of the molecule is CCOC(=O)c1ccccc1C(=O)c1ccc2c(c1)C(C)(C)CCC2(C)C. The van der Waals surface area contributed by atoms with E-state index in [0.717, 1.165) is 12.8 Å². The molecule has 0 saturated heterocycles. The first-order chi connectivity index (χ1) is 12.7. The lowest BCUT2D eigenvalue weighted by molar-refractivity contribution is 0.0523. The van der Waals surface area contributed by atoms with Crippen LogP contribution in [0.4, 0.5) is 0 Å². The Morgan fingerprint density at radius 1 is 0.889 bits per heavy atom. The number of ether oxygens (including phenoxy) is 1. The Labute approximate surface area is 161 Å². The number of fused-ring (bicyclic) bond motifs is 1. The van der Waals surface area contributed by atoms with Crippen LogP contribution in [0, 0.1) is 0 Å². The highest BCUT2D eigenvalue weighted by Crippen LogP contribution is 2.46. The van der Waals surface area contributed by atoms with E-state index < -0.39 is 5.97 Å². The Hall–Kier alpha value is -2.42. The number of hydrogen-bond donors (Lipinski definition) is 0. The van der Waals surface area contributed by atoms with Gasteiger partial charge in [-0.15, -0.1) is 0 Å². The van der Waals surface area contributed by atoms with Crippen LogP contribution < -0.4 is 0 Å². The quantitative estimate of drug-likeness (QED) is 0.536. The molecule has 0 saturated carbocycles. The molecular weight excluding hydrogens is 336 g/mol. The second kappa shape index (κ2) is 6.95. The second-order valence-corrected chi connectivity index (χ2v) is 8.62. The van der Waals surface area contributed by atoms with E-state index in [2.05, 4.69) is 33.8 Å². The molecule has 27 heavy (non-hydrogen) atoms. The summed E-state index contributed by atoms with van der Waals surface area (Å²) in [5.74, 6) is -0.596. The molecule has 0 unspecified atom stereocenters. The van der Waals surface area contributed by atoms with Gasteiger partial charge in [0.1, 0.15) is 0 Å². The molecule has 0 amide bonds. The van der Waals surface area contributed by atoms with Crippen LogP contribution in [0.1, 0.15) is 84.9 Å². The third-order valence-electron chi connectivity index (χ3n) is 5.78. The third-order valence-corrected chi connectivity index (χ3v) is 5.78. The van der Waals surface area contributed by atoms with Crippen molar-refractivity contribution >= 4 is 11.8 Å². The number of benzene rings is 2. The minimum atomic E-state index is -0.458. The molecule has 1 aliphatic rings. The fourth-order valence-electron chi connectivity index (χ4n) is 3.95. The average molecular weight is 364 g/mol. The first kappa shape index (κ1) is 19.3. The molecule has 0 aliphatic heterocycles. The van der Waals surface area contributed by atoms with Crippen LogP contribution in [-0.2, 0) is 15.6 Å². The molecule has 0 bridgehead atoms. The molecule has 3 rings (SSSR count). The summed E-state index contributed by atoms with van der Waals surface area (Å²) in [7, 11) is 0. The van der Waals surface area contributed by atoms with Crippen molar-refractivity contribution < 1.29 is 14.3 Å². The van der Waals surface area contributed by atoms with Crippen LogP contribution in [0.2, 0.25) is 0 Å². The molecule has 0 spiro atoms. The van der Waals surface area contributed by atoms with E-state index in [-0.39, 0.29) is 23.2 Å². The fraction of sp³-hybridized carbons (Fsp3) is 0.417. The third kappa shape index (κ3) is 3.55. The summed E-state index contributed by atoms with van der Waals surface area (Å²) in [6.45, 7) is 11.0. The number of esters is 1. The van der Waals surface area contributed by atoms with Gasteiger partial charge in [0.05, 0.1) is 12.2 Å². The van der Waals surface area contributed by atoms with Crippen molar-refractivity contribution in [1.82, 2.24) is 0 Å². The van der Waals surface area contributed by atoms with Crippen molar-refractivity contribution in [2.75, 3.05) is 6.61 Å². The minimum Gasteiger partial charge on any atom is -0.462 e. The average Bonchev–Trinajstić information content (AvgIpc) is 2.65. The Kier molecular flexibility index (Phi) is 4.98. The maximum Gasteiger partial charge on any atom is 0.338 e. The van der Waals surface area contributed by atoms with Crippen molar-refractivity contribution in [2.45, 2.75) is 58.3 Å². The molecule has 0 fully saturated rings. The van der Waals surface area contributed by atoms with Crippen molar-refractivity contribution in [3.05, 3.63) is 70.3 Å². The number of carbonyl (C=O) groups is 2. The Bertz CT molecular complexity index is 890. The molecule has 0 aromatic heterocycles. The van der Waals surface area contributed by atoms with Gasteiger partial charge in [0.15, 0.2) is 5.78 Å². The van der Waals surface area contributed by atoms with E-state index in [1.165, 1.54) is 11.1 Å². The number of rotatable bonds is 4. The zero-order valence-electron chi connectivity index (χ0n) is 16.9. The molecular formula is C24H28O3. The van der Waals surface area contributed by atoms with Crippen LogP contribution >= 0.6 is 0 Å². The molecule has 2 aromatic carbocycles. The number of hydrogen-bond acceptors (Lipinski definition) is 3. The topological polar surface area (TPSA) is 43.4 Å². The van der Waals surface area contributed by atoms with Gasteiger partial charge in [-0.3, -0.25) is 4.79 Å². The minimum absolute atomic E-state index is 0.0296. The molecule has 3 nitrogen and oxygen atoms in total. The van der Waals surface area contributed by atoms with Crippen molar-refractivity contribution in [3.63, 3.8) is 0 Å². The maximum atomic E-state index is 13.2.